The molecule has 106 valence electrons. The van der Waals surface area contributed by atoms with Gasteiger partial charge in [0.1, 0.15) is 0 Å². The highest BCUT2D eigenvalue weighted by atomic mass is 35.5. The topological polar surface area (TPSA) is 46.6 Å². The van der Waals surface area contributed by atoms with Crippen molar-refractivity contribution in [3.8, 4) is 0 Å². The summed E-state index contributed by atoms with van der Waals surface area (Å²) in [6, 6.07) is 5.38. The SMILES string of the molecule is CCC1OS(=O)(=O)N(Cc2c(C)cccc2Cl)C1C. The van der Waals surface area contributed by atoms with Crippen LogP contribution in [0.25, 0.3) is 0 Å². The predicted octanol–water partition coefficient (Wildman–Crippen LogP) is 2.89. The van der Waals surface area contributed by atoms with Crippen molar-refractivity contribution in [3.63, 3.8) is 0 Å². The monoisotopic (exact) mass is 303 g/mol. The summed E-state index contributed by atoms with van der Waals surface area (Å²) in [6.45, 7) is 5.96. The maximum Gasteiger partial charge on any atom is 0.339 e. The Morgan fingerprint density at radius 1 is 1.42 bits per heavy atom. The number of rotatable bonds is 3. The Labute approximate surface area is 119 Å². The summed E-state index contributed by atoms with van der Waals surface area (Å²) in [5, 5.41) is 0.586. The molecule has 2 unspecified atom stereocenters. The lowest BCUT2D eigenvalue weighted by Crippen LogP contribution is -2.34. The number of hydrogen-bond donors (Lipinski definition) is 0. The van der Waals surface area contributed by atoms with E-state index in [1.807, 2.05) is 32.9 Å². The number of nitrogens with zero attached hydrogens (tertiary/aromatic N) is 1. The average molecular weight is 304 g/mol. The van der Waals surface area contributed by atoms with Crippen LogP contribution in [0.3, 0.4) is 0 Å². The fraction of sp³-hybridized carbons (Fsp3) is 0.538. The quantitative estimate of drug-likeness (QED) is 0.862. The molecule has 0 radical (unpaired) electrons. The van der Waals surface area contributed by atoms with Crippen molar-refractivity contribution in [2.24, 2.45) is 0 Å². The molecule has 0 aromatic heterocycles. The van der Waals surface area contributed by atoms with Gasteiger partial charge in [-0.15, -0.1) is 0 Å². The van der Waals surface area contributed by atoms with E-state index in [-0.39, 0.29) is 18.7 Å². The molecule has 6 heteroatoms. The highest BCUT2D eigenvalue weighted by molar-refractivity contribution is 7.84. The zero-order valence-corrected chi connectivity index (χ0v) is 12.8. The van der Waals surface area contributed by atoms with E-state index in [4.69, 9.17) is 15.8 Å². The summed E-state index contributed by atoms with van der Waals surface area (Å²) in [5.41, 5.74) is 1.81. The lowest BCUT2D eigenvalue weighted by molar-refractivity contribution is 0.196. The molecule has 1 fully saturated rings. The van der Waals surface area contributed by atoms with Crippen molar-refractivity contribution in [2.45, 2.75) is 45.9 Å². The lowest BCUT2D eigenvalue weighted by atomic mass is 10.1. The number of benzene rings is 1. The third-order valence-electron chi connectivity index (χ3n) is 3.59. The van der Waals surface area contributed by atoms with Gasteiger partial charge in [-0.25, -0.2) is 0 Å². The Morgan fingerprint density at radius 2 is 2.11 bits per heavy atom. The number of halogens is 1. The minimum absolute atomic E-state index is 0.175. The van der Waals surface area contributed by atoms with Crippen LogP contribution in [0.1, 0.15) is 31.4 Å². The van der Waals surface area contributed by atoms with Crippen molar-refractivity contribution >= 4 is 21.9 Å². The van der Waals surface area contributed by atoms with Gasteiger partial charge in [0.05, 0.1) is 12.1 Å². The van der Waals surface area contributed by atoms with Crippen molar-refractivity contribution in [2.75, 3.05) is 0 Å². The van der Waals surface area contributed by atoms with E-state index in [9.17, 15) is 8.42 Å². The summed E-state index contributed by atoms with van der Waals surface area (Å²) in [4.78, 5) is 0. The lowest BCUT2D eigenvalue weighted by Gasteiger charge is -2.20. The summed E-state index contributed by atoms with van der Waals surface area (Å²) in [5.74, 6) is 0. The fourth-order valence-corrected chi connectivity index (χ4v) is 4.17. The van der Waals surface area contributed by atoms with Crippen LogP contribution in [-0.2, 0) is 21.0 Å². The Kier molecular flexibility index (Phi) is 4.20. The molecule has 1 aliphatic rings. The van der Waals surface area contributed by atoms with Gasteiger partial charge >= 0.3 is 10.3 Å². The molecule has 0 aliphatic carbocycles. The van der Waals surface area contributed by atoms with E-state index in [0.29, 0.717) is 11.4 Å². The highest BCUT2D eigenvalue weighted by Crippen LogP contribution is 2.31. The van der Waals surface area contributed by atoms with Gasteiger partial charge in [0, 0.05) is 11.6 Å². The van der Waals surface area contributed by atoms with Crippen LogP contribution < -0.4 is 0 Å². The van der Waals surface area contributed by atoms with Gasteiger partial charge in [0.2, 0.25) is 0 Å². The predicted molar refractivity (Wildman–Crippen MR) is 75.3 cm³/mol. The van der Waals surface area contributed by atoms with Crippen LogP contribution in [0.2, 0.25) is 5.02 Å². The fourth-order valence-electron chi connectivity index (χ4n) is 2.34. The Bertz CT molecular complexity index is 553. The Morgan fingerprint density at radius 3 is 2.63 bits per heavy atom. The van der Waals surface area contributed by atoms with Crippen LogP contribution in [-0.4, -0.2) is 24.9 Å². The average Bonchev–Trinajstić information content (AvgIpc) is 2.55. The molecule has 0 saturated carbocycles. The van der Waals surface area contributed by atoms with Crippen molar-refractivity contribution < 1.29 is 12.6 Å². The molecule has 1 saturated heterocycles. The van der Waals surface area contributed by atoms with Crippen LogP contribution in [0.5, 0.6) is 0 Å². The van der Waals surface area contributed by atoms with Gasteiger partial charge in [-0.2, -0.15) is 12.7 Å². The smallest absolute Gasteiger partial charge is 0.253 e. The number of aryl methyl sites for hydroxylation is 1. The third-order valence-corrected chi connectivity index (χ3v) is 5.47. The molecule has 0 N–H and O–H groups in total. The Hall–Kier alpha value is -0.620. The standard InChI is InChI=1S/C13H18ClNO3S/c1-4-13-10(3)15(19(16,17)18-13)8-11-9(2)6-5-7-12(11)14/h5-7,10,13H,4,8H2,1-3H3. The van der Waals surface area contributed by atoms with Gasteiger partial charge in [-0.3, -0.25) is 4.18 Å². The van der Waals surface area contributed by atoms with Gasteiger partial charge in [-0.05, 0) is 37.5 Å². The summed E-state index contributed by atoms with van der Waals surface area (Å²) in [7, 11) is -3.65. The van der Waals surface area contributed by atoms with Gasteiger partial charge < -0.3 is 0 Å². The largest absolute Gasteiger partial charge is 0.339 e. The molecule has 0 bridgehead atoms. The van der Waals surface area contributed by atoms with E-state index in [2.05, 4.69) is 0 Å². The first-order chi connectivity index (χ1) is 8.86. The summed E-state index contributed by atoms with van der Waals surface area (Å²) < 4.78 is 30.6. The second-order valence-electron chi connectivity index (χ2n) is 4.82. The highest BCUT2D eigenvalue weighted by Gasteiger charge is 2.43. The molecule has 1 heterocycles. The maximum absolute atomic E-state index is 12.0. The van der Waals surface area contributed by atoms with Gasteiger partial charge in [-0.1, -0.05) is 30.7 Å². The first-order valence-corrected chi connectivity index (χ1v) is 8.05. The van der Waals surface area contributed by atoms with Gasteiger partial charge in [0.25, 0.3) is 0 Å². The molecule has 2 rings (SSSR count). The maximum atomic E-state index is 12.0. The minimum atomic E-state index is -3.65. The van der Waals surface area contributed by atoms with Crippen LogP contribution >= 0.6 is 11.6 Å². The zero-order valence-electron chi connectivity index (χ0n) is 11.3. The molecule has 1 aromatic rings. The molecule has 0 amide bonds. The number of hydrogen-bond acceptors (Lipinski definition) is 3. The molecule has 4 nitrogen and oxygen atoms in total. The van der Waals surface area contributed by atoms with Gasteiger partial charge in [0.15, 0.2) is 0 Å². The van der Waals surface area contributed by atoms with Crippen molar-refractivity contribution in [3.05, 3.63) is 34.3 Å². The second kappa shape index (κ2) is 5.40. The third kappa shape index (κ3) is 2.79. The summed E-state index contributed by atoms with van der Waals surface area (Å²) in [6.07, 6.45) is 0.381. The zero-order chi connectivity index (χ0) is 14.2. The molecule has 1 aromatic carbocycles. The second-order valence-corrected chi connectivity index (χ2v) is 6.75. The Balaban J connectivity index is 2.33. The van der Waals surface area contributed by atoms with Crippen molar-refractivity contribution in [1.82, 2.24) is 4.31 Å². The van der Waals surface area contributed by atoms with Crippen molar-refractivity contribution in [1.29, 1.82) is 0 Å². The summed E-state index contributed by atoms with van der Waals surface area (Å²) >= 11 is 6.16. The van der Waals surface area contributed by atoms with E-state index in [0.717, 1.165) is 11.1 Å². The molecular weight excluding hydrogens is 286 g/mol. The van der Waals surface area contributed by atoms with Crippen LogP contribution in [0, 0.1) is 6.92 Å². The molecule has 2 atom stereocenters. The first-order valence-electron chi connectivity index (χ1n) is 6.31. The van der Waals surface area contributed by atoms with Crippen LogP contribution in [0.4, 0.5) is 0 Å². The normalized spacial score (nSPS) is 26.7. The molecule has 0 spiro atoms. The molecule has 1 aliphatic heterocycles. The first kappa shape index (κ1) is 14.8. The minimum Gasteiger partial charge on any atom is -0.253 e. The molecular formula is C13H18ClNO3S. The van der Waals surface area contributed by atoms with E-state index >= 15 is 0 Å². The van der Waals surface area contributed by atoms with E-state index in [1.165, 1.54) is 4.31 Å². The van der Waals surface area contributed by atoms with Crippen LogP contribution in [0.15, 0.2) is 18.2 Å². The molecule has 19 heavy (non-hydrogen) atoms. The van der Waals surface area contributed by atoms with E-state index in [1.54, 1.807) is 6.07 Å². The van der Waals surface area contributed by atoms with E-state index < -0.39 is 10.3 Å².